The molecule has 0 radical (unpaired) electrons. The third kappa shape index (κ3) is 3.20. The molecule has 72 valence electrons. The predicted molar refractivity (Wildman–Crippen MR) is 51.4 cm³/mol. The number of rotatable bonds is 4. The van der Waals surface area contributed by atoms with E-state index in [4.69, 9.17) is 21.1 Å². The number of ether oxygens (including phenoxy) is 2. The van der Waals surface area contributed by atoms with Crippen LogP contribution in [0.3, 0.4) is 0 Å². The van der Waals surface area contributed by atoms with Crippen LogP contribution in [0.4, 0.5) is 0 Å². The van der Waals surface area contributed by atoms with E-state index >= 15 is 0 Å². The maximum Gasteiger partial charge on any atom is 0.217 e. The fourth-order valence-corrected chi connectivity index (χ4v) is 0.995. The lowest BCUT2D eigenvalue weighted by Gasteiger charge is -2.06. The van der Waals surface area contributed by atoms with Crippen LogP contribution >= 0.6 is 11.6 Å². The highest BCUT2D eigenvalue weighted by molar-refractivity contribution is 6.29. The van der Waals surface area contributed by atoms with E-state index in [1.807, 2.05) is 13.0 Å². The van der Waals surface area contributed by atoms with Crippen molar-refractivity contribution < 1.29 is 9.47 Å². The zero-order chi connectivity index (χ0) is 9.68. The van der Waals surface area contributed by atoms with Crippen molar-refractivity contribution in [2.45, 2.75) is 6.92 Å². The minimum Gasteiger partial charge on any atom is -0.475 e. The Morgan fingerprint density at radius 2 is 2.15 bits per heavy atom. The van der Waals surface area contributed by atoms with Gasteiger partial charge in [0.25, 0.3) is 0 Å². The first-order valence-electron chi connectivity index (χ1n) is 3.99. The van der Waals surface area contributed by atoms with Gasteiger partial charge in [-0.05, 0) is 13.0 Å². The Balaban J connectivity index is 2.59. The van der Waals surface area contributed by atoms with E-state index < -0.39 is 0 Å². The topological polar surface area (TPSA) is 31.4 Å². The van der Waals surface area contributed by atoms with E-state index in [2.05, 4.69) is 4.98 Å². The number of aromatic nitrogens is 1. The molecule has 0 spiro atoms. The van der Waals surface area contributed by atoms with Crippen LogP contribution in [0.1, 0.15) is 5.56 Å². The van der Waals surface area contributed by atoms with Gasteiger partial charge in [-0.2, -0.15) is 0 Å². The van der Waals surface area contributed by atoms with Gasteiger partial charge >= 0.3 is 0 Å². The molecule has 0 aliphatic rings. The molecule has 0 saturated carbocycles. The Bertz CT molecular complexity index is 278. The summed E-state index contributed by atoms with van der Waals surface area (Å²) in [5.41, 5.74) is 0.973. The Hall–Kier alpha value is -0.800. The van der Waals surface area contributed by atoms with E-state index in [0.29, 0.717) is 24.2 Å². The van der Waals surface area contributed by atoms with Crippen molar-refractivity contribution in [3.05, 3.63) is 22.8 Å². The molecule has 0 amide bonds. The Morgan fingerprint density at radius 3 is 2.85 bits per heavy atom. The lowest BCUT2D eigenvalue weighted by atomic mass is 10.3. The number of hydrogen-bond donors (Lipinski definition) is 0. The van der Waals surface area contributed by atoms with Gasteiger partial charge in [-0.15, -0.1) is 0 Å². The highest BCUT2D eigenvalue weighted by Crippen LogP contribution is 2.17. The highest BCUT2D eigenvalue weighted by atomic mass is 35.5. The summed E-state index contributed by atoms with van der Waals surface area (Å²) >= 11 is 5.71. The second kappa shape index (κ2) is 5.04. The average molecular weight is 202 g/mol. The molecule has 0 atom stereocenters. The minimum atomic E-state index is 0.443. The van der Waals surface area contributed by atoms with E-state index in [-0.39, 0.29) is 0 Å². The summed E-state index contributed by atoms with van der Waals surface area (Å²) in [6.07, 6.45) is 0. The first-order chi connectivity index (χ1) is 6.24. The van der Waals surface area contributed by atoms with E-state index in [0.717, 1.165) is 5.56 Å². The molecule has 0 fully saturated rings. The average Bonchev–Trinajstić information content (AvgIpc) is 2.11. The van der Waals surface area contributed by atoms with Crippen LogP contribution < -0.4 is 4.74 Å². The highest BCUT2D eigenvalue weighted by Gasteiger charge is 2.01. The maximum absolute atomic E-state index is 5.71. The number of methoxy groups -OCH3 is 1. The quantitative estimate of drug-likeness (QED) is 0.552. The molecule has 0 bridgehead atoms. The first-order valence-corrected chi connectivity index (χ1v) is 4.36. The largest absolute Gasteiger partial charge is 0.475 e. The molecule has 13 heavy (non-hydrogen) atoms. The summed E-state index contributed by atoms with van der Waals surface area (Å²) in [7, 11) is 1.63. The Kier molecular flexibility index (Phi) is 3.99. The molecule has 0 saturated heterocycles. The third-order valence-electron chi connectivity index (χ3n) is 1.54. The smallest absolute Gasteiger partial charge is 0.217 e. The monoisotopic (exact) mass is 201 g/mol. The molecule has 0 aliphatic heterocycles. The molecule has 0 aromatic carbocycles. The molecule has 3 nitrogen and oxygen atoms in total. The summed E-state index contributed by atoms with van der Waals surface area (Å²) in [5.74, 6) is 0.574. The van der Waals surface area contributed by atoms with Gasteiger partial charge in [0.15, 0.2) is 0 Å². The molecule has 1 heterocycles. The molecule has 1 rings (SSSR count). The number of aryl methyl sites for hydroxylation is 1. The van der Waals surface area contributed by atoms with E-state index in [9.17, 15) is 0 Å². The second-order valence-corrected chi connectivity index (χ2v) is 2.98. The normalized spacial score (nSPS) is 10.1. The summed E-state index contributed by atoms with van der Waals surface area (Å²) in [6.45, 7) is 2.96. The molecule has 1 aromatic rings. The van der Waals surface area contributed by atoms with Gasteiger partial charge in [-0.25, -0.2) is 4.98 Å². The van der Waals surface area contributed by atoms with Crippen LogP contribution in [0.25, 0.3) is 0 Å². The summed E-state index contributed by atoms with van der Waals surface area (Å²) in [5, 5.41) is 0.443. The van der Waals surface area contributed by atoms with Crippen LogP contribution in [-0.2, 0) is 4.74 Å². The molecule has 0 aliphatic carbocycles. The molecule has 1 aromatic heterocycles. The van der Waals surface area contributed by atoms with Gasteiger partial charge in [0.1, 0.15) is 11.8 Å². The molecule has 4 heteroatoms. The van der Waals surface area contributed by atoms with Crippen molar-refractivity contribution in [2.75, 3.05) is 20.3 Å². The van der Waals surface area contributed by atoms with Gasteiger partial charge in [-0.1, -0.05) is 17.7 Å². The summed E-state index contributed by atoms with van der Waals surface area (Å²) < 4.78 is 10.2. The number of pyridine rings is 1. The number of nitrogens with zero attached hydrogens (tertiary/aromatic N) is 1. The predicted octanol–water partition coefficient (Wildman–Crippen LogP) is 2.07. The van der Waals surface area contributed by atoms with E-state index in [1.54, 1.807) is 13.2 Å². The fraction of sp³-hybridized carbons (Fsp3) is 0.444. The third-order valence-corrected chi connectivity index (χ3v) is 1.75. The number of hydrogen-bond acceptors (Lipinski definition) is 3. The van der Waals surface area contributed by atoms with Crippen LogP contribution in [0.15, 0.2) is 12.1 Å². The molecule has 0 N–H and O–H groups in total. The lowest BCUT2D eigenvalue weighted by molar-refractivity contribution is 0.143. The van der Waals surface area contributed by atoms with Gasteiger partial charge in [0.05, 0.1) is 6.61 Å². The first kappa shape index (κ1) is 10.3. The van der Waals surface area contributed by atoms with Gasteiger partial charge in [0.2, 0.25) is 5.88 Å². The fourth-order valence-electron chi connectivity index (χ4n) is 0.855. The standard InChI is InChI=1S/C9H12ClNO2/c1-7-3-4-8(10)11-9(7)13-6-5-12-2/h3-4H,5-6H2,1-2H3. The lowest BCUT2D eigenvalue weighted by Crippen LogP contribution is -2.06. The van der Waals surface area contributed by atoms with Crippen LogP contribution in [0.5, 0.6) is 5.88 Å². The van der Waals surface area contributed by atoms with Gasteiger partial charge < -0.3 is 9.47 Å². The maximum atomic E-state index is 5.71. The summed E-state index contributed by atoms with van der Waals surface area (Å²) in [6, 6.07) is 3.61. The van der Waals surface area contributed by atoms with Crippen molar-refractivity contribution >= 4 is 11.6 Å². The van der Waals surface area contributed by atoms with Crippen LogP contribution in [0.2, 0.25) is 5.15 Å². The molecular weight excluding hydrogens is 190 g/mol. The van der Waals surface area contributed by atoms with Gasteiger partial charge in [0, 0.05) is 12.7 Å². The van der Waals surface area contributed by atoms with Crippen molar-refractivity contribution in [1.82, 2.24) is 4.98 Å². The molecule has 0 unspecified atom stereocenters. The van der Waals surface area contributed by atoms with Crippen molar-refractivity contribution in [3.8, 4) is 5.88 Å². The Morgan fingerprint density at radius 1 is 1.38 bits per heavy atom. The zero-order valence-electron chi connectivity index (χ0n) is 7.71. The van der Waals surface area contributed by atoms with Crippen LogP contribution in [-0.4, -0.2) is 25.3 Å². The number of halogens is 1. The summed E-state index contributed by atoms with van der Waals surface area (Å²) in [4.78, 5) is 4.03. The van der Waals surface area contributed by atoms with Gasteiger partial charge in [-0.3, -0.25) is 0 Å². The van der Waals surface area contributed by atoms with Crippen molar-refractivity contribution in [2.24, 2.45) is 0 Å². The Labute approximate surface area is 82.6 Å². The minimum absolute atomic E-state index is 0.443. The van der Waals surface area contributed by atoms with Crippen molar-refractivity contribution in [3.63, 3.8) is 0 Å². The zero-order valence-corrected chi connectivity index (χ0v) is 8.47. The van der Waals surface area contributed by atoms with Crippen LogP contribution in [0, 0.1) is 6.92 Å². The van der Waals surface area contributed by atoms with Crippen molar-refractivity contribution in [1.29, 1.82) is 0 Å². The molecular formula is C9H12ClNO2. The SMILES string of the molecule is COCCOc1nc(Cl)ccc1C. The van der Waals surface area contributed by atoms with E-state index in [1.165, 1.54) is 0 Å². The second-order valence-electron chi connectivity index (χ2n) is 2.60.